The van der Waals surface area contributed by atoms with Crippen molar-refractivity contribution < 1.29 is 9.53 Å². The van der Waals surface area contributed by atoms with E-state index in [1.807, 2.05) is 0 Å². The molecule has 1 aliphatic rings. The van der Waals surface area contributed by atoms with Crippen LogP contribution in [0, 0.1) is 11.1 Å². The molecule has 1 rings (SSSR count). The Balaban J connectivity index is 2.29. The topological polar surface area (TPSA) is 52.6 Å². The zero-order valence-corrected chi connectivity index (χ0v) is 7.28. The first kappa shape index (κ1) is 9.48. The number of esters is 1. The molecule has 0 spiro atoms. The quantitative estimate of drug-likeness (QED) is 0.577. The van der Waals surface area contributed by atoms with E-state index in [2.05, 4.69) is 0 Å². The third-order valence-corrected chi connectivity index (χ3v) is 2.07. The summed E-state index contributed by atoms with van der Waals surface area (Å²) >= 11 is 0. The first-order valence-corrected chi connectivity index (χ1v) is 4.32. The summed E-state index contributed by atoms with van der Waals surface area (Å²) in [7, 11) is 0. The molecule has 1 saturated heterocycles. The Hall–Kier alpha value is -0.610. The highest BCUT2D eigenvalue weighted by Gasteiger charge is 2.22. The molecule has 70 valence electrons. The number of piperidine rings is 1. The fourth-order valence-corrected chi connectivity index (χ4v) is 1.35. The first-order valence-electron chi connectivity index (χ1n) is 4.32. The first-order chi connectivity index (χ1) is 5.74. The molecular formula is C8H14NO3-. The molecule has 1 heterocycles. The average Bonchev–Trinajstić information content (AvgIpc) is 2.06. The molecule has 0 N–H and O–H groups in total. The molecule has 0 atom stereocenters. The van der Waals surface area contributed by atoms with Crippen LogP contribution in [0.25, 0.3) is 0 Å². The molecule has 1 fully saturated rings. The highest BCUT2D eigenvalue weighted by Crippen LogP contribution is 2.17. The number of hydroxylamine groups is 2. The number of nitrogens with zero attached hydrogens (tertiary/aromatic N) is 1. The van der Waals surface area contributed by atoms with E-state index < -0.39 is 0 Å². The van der Waals surface area contributed by atoms with Crippen molar-refractivity contribution >= 4 is 5.97 Å². The van der Waals surface area contributed by atoms with Gasteiger partial charge in [0.25, 0.3) is 0 Å². The molecule has 0 aromatic rings. The second-order valence-electron chi connectivity index (χ2n) is 2.96. The molecule has 0 bridgehead atoms. The highest BCUT2D eigenvalue weighted by atomic mass is 16.5. The summed E-state index contributed by atoms with van der Waals surface area (Å²) in [5.74, 6) is -0.194. The monoisotopic (exact) mass is 172 g/mol. The molecule has 0 aromatic heterocycles. The van der Waals surface area contributed by atoms with Crippen LogP contribution < -0.4 is 0 Å². The van der Waals surface area contributed by atoms with Crippen LogP contribution in [0.3, 0.4) is 0 Å². The maximum absolute atomic E-state index is 11.2. The Kier molecular flexibility index (Phi) is 3.49. The molecule has 0 aromatic carbocycles. The van der Waals surface area contributed by atoms with Crippen molar-refractivity contribution in [2.24, 2.45) is 5.92 Å². The molecule has 0 unspecified atom stereocenters. The van der Waals surface area contributed by atoms with E-state index in [1.165, 1.54) is 0 Å². The summed E-state index contributed by atoms with van der Waals surface area (Å²) in [6.45, 7) is 3.14. The Morgan fingerprint density at radius 1 is 1.58 bits per heavy atom. The van der Waals surface area contributed by atoms with Gasteiger partial charge in [-0.25, -0.2) is 0 Å². The second-order valence-corrected chi connectivity index (χ2v) is 2.96. The van der Waals surface area contributed by atoms with Crippen molar-refractivity contribution in [1.82, 2.24) is 5.06 Å². The van der Waals surface area contributed by atoms with Crippen LogP contribution >= 0.6 is 0 Å². The van der Waals surface area contributed by atoms with E-state index in [4.69, 9.17) is 4.74 Å². The maximum Gasteiger partial charge on any atom is 0.309 e. The van der Waals surface area contributed by atoms with E-state index in [0.29, 0.717) is 32.5 Å². The molecule has 4 heteroatoms. The van der Waals surface area contributed by atoms with Crippen LogP contribution in [0.5, 0.6) is 0 Å². The third kappa shape index (κ3) is 2.46. The van der Waals surface area contributed by atoms with Gasteiger partial charge in [-0.3, -0.25) is 4.79 Å². The molecule has 0 saturated carbocycles. The van der Waals surface area contributed by atoms with Gasteiger partial charge in [0.05, 0.1) is 12.5 Å². The lowest BCUT2D eigenvalue weighted by atomic mass is 9.98. The van der Waals surface area contributed by atoms with E-state index in [-0.39, 0.29) is 11.9 Å². The zero-order chi connectivity index (χ0) is 8.97. The molecule has 1 aliphatic heterocycles. The number of carbonyl (C=O) groups excluding carboxylic acids is 1. The average molecular weight is 172 g/mol. The summed E-state index contributed by atoms with van der Waals surface area (Å²) < 4.78 is 4.86. The molecule has 0 aliphatic carbocycles. The molecule has 0 radical (unpaired) electrons. The summed E-state index contributed by atoms with van der Waals surface area (Å²) in [6.07, 6.45) is 1.28. The Bertz CT molecular complexity index is 152. The predicted molar refractivity (Wildman–Crippen MR) is 44.3 cm³/mol. The van der Waals surface area contributed by atoms with Crippen molar-refractivity contribution in [2.45, 2.75) is 19.8 Å². The lowest BCUT2D eigenvalue weighted by Crippen LogP contribution is -2.33. The second kappa shape index (κ2) is 4.42. The van der Waals surface area contributed by atoms with Crippen LogP contribution in [0.4, 0.5) is 0 Å². The van der Waals surface area contributed by atoms with Crippen LogP contribution in [-0.2, 0) is 9.53 Å². The summed E-state index contributed by atoms with van der Waals surface area (Å²) in [5.41, 5.74) is 0. The smallest absolute Gasteiger partial charge is 0.309 e. The van der Waals surface area contributed by atoms with Crippen molar-refractivity contribution in [3.05, 3.63) is 5.21 Å². The van der Waals surface area contributed by atoms with E-state index in [0.717, 1.165) is 5.06 Å². The van der Waals surface area contributed by atoms with Crippen molar-refractivity contribution in [2.75, 3.05) is 19.7 Å². The third-order valence-electron chi connectivity index (χ3n) is 2.07. The van der Waals surface area contributed by atoms with Crippen LogP contribution in [0.2, 0.25) is 0 Å². The van der Waals surface area contributed by atoms with Crippen molar-refractivity contribution in [3.8, 4) is 0 Å². The maximum atomic E-state index is 11.2. The normalized spacial score (nSPS) is 20.8. The van der Waals surface area contributed by atoms with Gasteiger partial charge in [0.2, 0.25) is 0 Å². The Morgan fingerprint density at radius 3 is 2.67 bits per heavy atom. The SMILES string of the molecule is CCOC(=O)C1CCN([O-])CC1. The predicted octanol–water partition coefficient (Wildman–Crippen LogP) is 0.759. The molecule has 4 nitrogen and oxygen atoms in total. The minimum Gasteiger partial charge on any atom is -0.785 e. The Labute approximate surface area is 72.1 Å². The zero-order valence-electron chi connectivity index (χ0n) is 7.28. The van der Waals surface area contributed by atoms with Crippen LogP contribution in [0.15, 0.2) is 0 Å². The fourth-order valence-electron chi connectivity index (χ4n) is 1.35. The largest absolute Gasteiger partial charge is 0.785 e. The minimum atomic E-state index is -0.148. The summed E-state index contributed by atoms with van der Waals surface area (Å²) in [5, 5.41) is 11.7. The van der Waals surface area contributed by atoms with Gasteiger partial charge in [0.1, 0.15) is 0 Å². The number of hydrogen-bond donors (Lipinski definition) is 0. The standard InChI is InChI=1S/C8H14NO3/c1-2-12-8(10)7-3-5-9(11)6-4-7/h7H,2-6H2,1H3/q-1. The van der Waals surface area contributed by atoms with Crippen molar-refractivity contribution in [3.63, 3.8) is 0 Å². The lowest BCUT2D eigenvalue weighted by molar-refractivity contribution is -0.149. The van der Waals surface area contributed by atoms with Gasteiger partial charge in [-0.2, -0.15) is 0 Å². The van der Waals surface area contributed by atoms with E-state index >= 15 is 0 Å². The van der Waals surface area contributed by atoms with Gasteiger partial charge in [-0.1, -0.05) is 0 Å². The number of carbonyl (C=O) groups is 1. The number of hydrogen-bond acceptors (Lipinski definition) is 4. The van der Waals surface area contributed by atoms with E-state index in [1.54, 1.807) is 6.92 Å². The number of ether oxygens (including phenoxy) is 1. The lowest BCUT2D eigenvalue weighted by Gasteiger charge is -2.35. The van der Waals surface area contributed by atoms with E-state index in [9.17, 15) is 10.0 Å². The summed E-state index contributed by atoms with van der Waals surface area (Å²) in [6, 6.07) is 0. The number of rotatable bonds is 2. The van der Waals surface area contributed by atoms with Gasteiger partial charge >= 0.3 is 5.97 Å². The minimum absolute atomic E-state index is 0.0462. The molecule has 0 amide bonds. The van der Waals surface area contributed by atoms with Gasteiger partial charge < -0.3 is 15.0 Å². The molecular weight excluding hydrogens is 158 g/mol. The highest BCUT2D eigenvalue weighted by molar-refractivity contribution is 5.72. The van der Waals surface area contributed by atoms with Gasteiger partial charge in [0.15, 0.2) is 0 Å². The van der Waals surface area contributed by atoms with Gasteiger partial charge in [0, 0.05) is 0 Å². The van der Waals surface area contributed by atoms with Gasteiger partial charge in [-0.15, -0.1) is 0 Å². The van der Waals surface area contributed by atoms with Crippen LogP contribution in [-0.4, -0.2) is 30.7 Å². The van der Waals surface area contributed by atoms with Gasteiger partial charge in [-0.05, 0) is 32.9 Å². The summed E-state index contributed by atoms with van der Waals surface area (Å²) in [4.78, 5) is 11.2. The molecule has 12 heavy (non-hydrogen) atoms. The Morgan fingerprint density at radius 2 is 2.17 bits per heavy atom. The van der Waals surface area contributed by atoms with Crippen LogP contribution in [0.1, 0.15) is 19.8 Å². The van der Waals surface area contributed by atoms with Crippen molar-refractivity contribution in [1.29, 1.82) is 0 Å². The fraction of sp³-hybridized carbons (Fsp3) is 0.875.